The molecule has 0 aromatic rings. The molecular weight excluding hydrogens is 877 g/mol. The van der Waals surface area contributed by atoms with Crippen molar-refractivity contribution in [1.29, 1.82) is 0 Å². The van der Waals surface area contributed by atoms with Gasteiger partial charge in [-0.2, -0.15) is 0 Å². The third-order valence-electron chi connectivity index (χ3n) is 13.2. The average Bonchev–Trinajstić information content (AvgIpc) is 3.37. The van der Waals surface area contributed by atoms with Gasteiger partial charge in [-0.1, -0.05) is 273 Å². The highest BCUT2D eigenvalue weighted by Crippen LogP contribution is 2.17. The molecule has 0 N–H and O–H groups in total. The second kappa shape index (κ2) is 59.4. The number of ether oxygens (including phenoxy) is 3. The van der Waals surface area contributed by atoms with Crippen LogP contribution in [0.25, 0.3) is 0 Å². The van der Waals surface area contributed by atoms with Crippen LogP contribution in [0.2, 0.25) is 0 Å². The van der Waals surface area contributed by atoms with Crippen LogP contribution in [0.5, 0.6) is 0 Å². The maximum absolute atomic E-state index is 12.9. The number of rotatable bonds is 55. The molecule has 0 radical (unpaired) electrons. The maximum atomic E-state index is 12.9. The molecule has 0 fully saturated rings. The van der Waals surface area contributed by atoms with Gasteiger partial charge in [-0.15, -0.1) is 0 Å². The van der Waals surface area contributed by atoms with E-state index in [1.807, 2.05) is 0 Å². The van der Waals surface area contributed by atoms with Crippen LogP contribution in [0.4, 0.5) is 0 Å². The minimum absolute atomic E-state index is 0.0850. The Morgan fingerprint density at radius 2 is 0.592 bits per heavy atom. The molecule has 0 aromatic heterocycles. The summed E-state index contributed by atoms with van der Waals surface area (Å²) in [5, 5.41) is 0. The molecule has 0 rings (SSSR count). The third kappa shape index (κ3) is 57.6. The van der Waals surface area contributed by atoms with Crippen molar-refractivity contribution in [2.24, 2.45) is 0 Å². The standard InChI is InChI=1S/C65H114O6/c1-4-7-10-13-16-19-22-25-28-31-33-35-37-40-43-46-49-52-55-58-64(67)70-61-62(60-69-63(66)57-54-51-48-45-42-39-36-30-27-24-21-18-15-12-9-6-3)71-65(68)59-56-53-50-47-44-41-38-34-32-29-26-23-20-17-14-11-8-5-2/h9,12,16,18-19,21-22,25,27,30,39,42,62H,4-8,10-11,13-15,17,20,23-24,26,28-29,31-38,40-41,43-61H2,1-3H3/b12-9-,19-16-,21-18-,25-22-,30-27-,42-39-. The molecule has 1 atom stereocenters. The van der Waals surface area contributed by atoms with E-state index in [1.54, 1.807) is 0 Å². The van der Waals surface area contributed by atoms with Crippen LogP contribution in [-0.4, -0.2) is 37.2 Å². The second-order valence-electron chi connectivity index (χ2n) is 20.3. The Bertz CT molecular complexity index is 1320. The van der Waals surface area contributed by atoms with Gasteiger partial charge in [0.05, 0.1) is 0 Å². The Morgan fingerprint density at radius 3 is 0.986 bits per heavy atom. The molecular formula is C65H114O6. The van der Waals surface area contributed by atoms with Crippen molar-refractivity contribution in [3.8, 4) is 0 Å². The molecule has 0 spiro atoms. The van der Waals surface area contributed by atoms with Gasteiger partial charge in [0.25, 0.3) is 0 Å². The number of hydrogen-bond donors (Lipinski definition) is 0. The molecule has 0 aromatic carbocycles. The summed E-state index contributed by atoms with van der Waals surface area (Å²) in [5.41, 5.74) is 0. The second-order valence-corrected chi connectivity index (χ2v) is 20.3. The summed E-state index contributed by atoms with van der Waals surface area (Å²) < 4.78 is 16.9. The molecule has 0 saturated carbocycles. The summed E-state index contributed by atoms with van der Waals surface area (Å²) >= 11 is 0. The highest BCUT2D eigenvalue weighted by molar-refractivity contribution is 5.71. The number of allylic oxidation sites excluding steroid dienone is 12. The van der Waals surface area contributed by atoms with Gasteiger partial charge in [0.2, 0.25) is 0 Å². The Labute approximate surface area is 440 Å². The zero-order chi connectivity index (χ0) is 51.4. The SMILES string of the molecule is CC/C=C\C/C=C\C/C=C\C/C=C\CCCCCC(=O)OCC(COC(=O)CCCCCCCCCCCC/C=C\C=C/CCCCC)OC(=O)CCCCCCCCCCCCCCCCCCCC. The van der Waals surface area contributed by atoms with Crippen molar-refractivity contribution in [3.05, 3.63) is 72.9 Å². The predicted octanol–water partition coefficient (Wildman–Crippen LogP) is 20.5. The van der Waals surface area contributed by atoms with Crippen molar-refractivity contribution < 1.29 is 28.6 Å². The van der Waals surface area contributed by atoms with Crippen molar-refractivity contribution in [1.82, 2.24) is 0 Å². The van der Waals surface area contributed by atoms with E-state index in [9.17, 15) is 14.4 Å². The number of carbonyl (C=O) groups excluding carboxylic acids is 3. The van der Waals surface area contributed by atoms with Crippen molar-refractivity contribution >= 4 is 17.9 Å². The Kier molecular flexibility index (Phi) is 56.8. The van der Waals surface area contributed by atoms with Gasteiger partial charge in [0.15, 0.2) is 6.10 Å². The van der Waals surface area contributed by atoms with Crippen LogP contribution in [0, 0.1) is 0 Å². The zero-order valence-electron chi connectivity index (χ0n) is 47.0. The fourth-order valence-corrected chi connectivity index (χ4v) is 8.66. The molecule has 6 nitrogen and oxygen atoms in total. The summed E-state index contributed by atoms with van der Waals surface area (Å²) in [6.07, 6.45) is 76.1. The maximum Gasteiger partial charge on any atom is 0.306 e. The van der Waals surface area contributed by atoms with Crippen LogP contribution in [0.15, 0.2) is 72.9 Å². The summed E-state index contributed by atoms with van der Waals surface area (Å²) in [6, 6.07) is 0. The van der Waals surface area contributed by atoms with Gasteiger partial charge in [-0.05, 0) is 83.5 Å². The van der Waals surface area contributed by atoms with Crippen molar-refractivity contribution in [2.75, 3.05) is 13.2 Å². The number of hydrogen-bond acceptors (Lipinski definition) is 6. The quantitative estimate of drug-likeness (QED) is 0.0199. The number of carbonyl (C=O) groups is 3. The van der Waals surface area contributed by atoms with Crippen LogP contribution in [0.1, 0.15) is 303 Å². The van der Waals surface area contributed by atoms with E-state index < -0.39 is 6.10 Å². The van der Waals surface area contributed by atoms with E-state index in [1.165, 1.54) is 173 Å². The van der Waals surface area contributed by atoms with E-state index in [-0.39, 0.29) is 31.1 Å². The van der Waals surface area contributed by atoms with Gasteiger partial charge in [-0.3, -0.25) is 14.4 Å². The van der Waals surface area contributed by atoms with E-state index in [0.717, 1.165) is 89.9 Å². The van der Waals surface area contributed by atoms with Gasteiger partial charge in [0.1, 0.15) is 13.2 Å². The third-order valence-corrected chi connectivity index (χ3v) is 13.2. The topological polar surface area (TPSA) is 78.9 Å². The van der Waals surface area contributed by atoms with E-state index in [2.05, 4.69) is 93.7 Å². The summed E-state index contributed by atoms with van der Waals surface area (Å²) in [5.74, 6) is -0.906. The lowest BCUT2D eigenvalue weighted by atomic mass is 10.0. The van der Waals surface area contributed by atoms with Gasteiger partial charge in [0, 0.05) is 19.3 Å². The molecule has 71 heavy (non-hydrogen) atoms. The minimum Gasteiger partial charge on any atom is -0.462 e. The zero-order valence-corrected chi connectivity index (χ0v) is 47.0. The first-order chi connectivity index (χ1) is 35.0. The van der Waals surface area contributed by atoms with E-state index in [0.29, 0.717) is 19.3 Å². The van der Waals surface area contributed by atoms with Crippen molar-refractivity contribution in [2.45, 2.75) is 309 Å². The highest BCUT2D eigenvalue weighted by atomic mass is 16.6. The Hall–Kier alpha value is -3.15. The fraction of sp³-hybridized carbons (Fsp3) is 0.769. The largest absolute Gasteiger partial charge is 0.462 e. The molecule has 0 bridgehead atoms. The Balaban J connectivity index is 4.40. The average molecular weight is 992 g/mol. The van der Waals surface area contributed by atoms with Crippen LogP contribution >= 0.6 is 0 Å². The molecule has 6 heteroatoms. The van der Waals surface area contributed by atoms with Gasteiger partial charge >= 0.3 is 17.9 Å². The lowest BCUT2D eigenvalue weighted by Crippen LogP contribution is -2.30. The molecule has 0 aliphatic rings. The molecule has 0 heterocycles. The minimum atomic E-state index is -0.789. The monoisotopic (exact) mass is 991 g/mol. The number of unbranched alkanes of at least 4 members (excludes halogenated alkanes) is 33. The first kappa shape index (κ1) is 67.8. The van der Waals surface area contributed by atoms with Crippen LogP contribution < -0.4 is 0 Å². The van der Waals surface area contributed by atoms with Crippen molar-refractivity contribution in [3.63, 3.8) is 0 Å². The smallest absolute Gasteiger partial charge is 0.306 e. The lowest BCUT2D eigenvalue weighted by molar-refractivity contribution is -0.167. The molecule has 0 aliphatic carbocycles. The summed E-state index contributed by atoms with van der Waals surface area (Å²) in [4.78, 5) is 38.3. The first-order valence-corrected chi connectivity index (χ1v) is 30.5. The predicted molar refractivity (Wildman–Crippen MR) is 307 cm³/mol. The van der Waals surface area contributed by atoms with Crippen LogP contribution in [0.3, 0.4) is 0 Å². The lowest BCUT2D eigenvalue weighted by Gasteiger charge is -2.18. The first-order valence-electron chi connectivity index (χ1n) is 30.5. The van der Waals surface area contributed by atoms with Crippen LogP contribution in [-0.2, 0) is 28.6 Å². The molecule has 410 valence electrons. The van der Waals surface area contributed by atoms with Gasteiger partial charge in [-0.25, -0.2) is 0 Å². The summed E-state index contributed by atoms with van der Waals surface area (Å²) in [6.45, 7) is 6.51. The number of esters is 3. The molecule has 0 amide bonds. The van der Waals surface area contributed by atoms with E-state index in [4.69, 9.17) is 14.2 Å². The fourth-order valence-electron chi connectivity index (χ4n) is 8.66. The summed E-state index contributed by atoms with van der Waals surface area (Å²) in [7, 11) is 0. The highest BCUT2D eigenvalue weighted by Gasteiger charge is 2.19. The Morgan fingerprint density at radius 1 is 0.310 bits per heavy atom. The van der Waals surface area contributed by atoms with Gasteiger partial charge < -0.3 is 14.2 Å². The molecule has 0 aliphatic heterocycles. The molecule has 0 saturated heterocycles. The molecule has 1 unspecified atom stereocenters. The normalized spacial score (nSPS) is 12.5. The van der Waals surface area contributed by atoms with E-state index >= 15 is 0 Å².